The molecule has 0 bridgehead atoms. The second-order valence-electron chi connectivity index (χ2n) is 5.93. The molecule has 2 aromatic rings. The van der Waals surface area contributed by atoms with E-state index in [2.05, 4.69) is 14.9 Å². The summed E-state index contributed by atoms with van der Waals surface area (Å²) in [6.07, 6.45) is 7.13. The van der Waals surface area contributed by atoms with Gasteiger partial charge in [0.1, 0.15) is 0 Å². The molecule has 2 aromatic heterocycles. The zero-order valence-corrected chi connectivity index (χ0v) is 13.9. The van der Waals surface area contributed by atoms with Gasteiger partial charge in [-0.15, -0.1) is 0 Å². The Bertz CT molecular complexity index is 644. The molecule has 0 aromatic carbocycles. The van der Waals surface area contributed by atoms with Crippen LogP contribution in [-0.4, -0.2) is 41.0 Å². The van der Waals surface area contributed by atoms with Crippen LogP contribution < -0.4 is 4.90 Å². The van der Waals surface area contributed by atoms with E-state index in [9.17, 15) is 4.39 Å². The summed E-state index contributed by atoms with van der Waals surface area (Å²) in [5.41, 5.74) is 1.28. The van der Waals surface area contributed by atoms with Crippen molar-refractivity contribution in [3.63, 3.8) is 0 Å². The number of hydrogen-bond acceptors (Lipinski definition) is 4. The molecule has 1 aliphatic rings. The van der Waals surface area contributed by atoms with Crippen LogP contribution in [0.5, 0.6) is 0 Å². The molecule has 3 heterocycles. The molecule has 3 rings (SSSR count). The Balaban J connectivity index is 1.58. The molecule has 0 atom stereocenters. The highest BCUT2D eigenvalue weighted by molar-refractivity contribution is 6.30. The average Bonchev–Trinajstić information content (AvgIpc) is 2.56. The Morgan fingerprint density at radius 2 is 2.00 bits per heavy atom. The van der Waals surface area contributed by atoms with Gasteiger partial charge in [-0.25, -0.2) is 9.37 Å². The van der Waals surface area contributed by atoms with Crippen molar-refractivity contribution < 1.29 is 4.39 Å². The first-order valence-corrected chi connectivity index (χ1v) is 8.16. The van der Waals surface area contributed by atoms with Crippen LogP contribution in [0, 0.1) is 5.82 Å². The van der Waals surface area contributed by atoms with Gasteiger partial charge in [-0.05, 0) is 36.6 Å². The third-order valence-corrected chi connectivity index (χ3v) is 4.59. The molecule has 0 aliphatic carbocycles. The van der Waals surface area contributed by atoms with Gasteiger partial charge >= 0.3 is 0 Å². The lowest BCUT2D eigenvalue weighted by atomic mass is 10.0. The van der Waals surface area contributed by atoms with Crippen molar-refractivity contribution in [1.82, 2.24) is 14.9 Å². The van der Waals surface area contributed by atoms with Crippen LogP contribution in [0.2, 0.25) is 5.02 Å². The molecule has 0 N–H and O–H groups in total. The highest BCUT2D eigenvalue weighted by atomic mass is 35.5. The summed E-state index contributed by atoms with van der Waals surface area (Å²) in [5, 5.41) is 0.326. The van der Waals surface area contributed by atoms with Crippen molar-refractivity contribution in [1.29, 1.82) is 0 Å². The summed E-state index contributed by atoms with van der Waals surface area (Å²) in [6, 6.07) is 5.71. The largest absolute Gasteiger partial charge is 0.354 e. The summed E-state index contributed by atoms with van der Waals surface area (Å²) in [7, 11) is 1.91. The standard InChI is InChI=1S/C17H20ClFN4/c1-22(17-16(19)10-14(18)11-21-17)15-4-8-23(9-5-15)12-13-2-6-20-7-3-13/h2-3,6-7,10-11,15H,4-5,8-9,12H2,1H3. The molecular formula is C17H20ClFN4. The van der Waals surface area contributed by atoms with Crippen LogP contribution in [-0.2, 0) is 6.54 Å². The number of rotatable bonds is 4. The summed E-state index contributed by atoms with van der Waals surface area (Å²) in [5.74, 6) is 0.0150. The third kappa shape index (κ3) is 3.98. The number of piperidine rings is 1. The summed E-state index contributed by atoms with van der Waals surface area (Å²) >= 11 is 5.77. The molecule has 1 fully saturated rings. The van der Waals surface area contributed by atoms with Gasteiger partial charge in [0.15, 0.2) is 11.6 Å². The molecule has 4 nitrogen and oxygen atoms in total. The van der Waals surface area contributed by atoms with Crippen LogP contribution in [0.15, 0.2) is 36.8 Å². The van der Waals surface area contributed by atoms with Crippen molar-refractivity contribution >= 4 is 17.4 Å². The number of anilines is 1. The van der Waals surface area contributed by atoms with Gasteiger partial charge in [-0.2, -0.15) is 0 Å². The lowest BCUT2D eigenvalue weighted by molar-refractivity contribution is 0.203. The van der Waals surface area contributed by atoms with Gasteiger partial charge in [0.25, 0.3) is 0 Å². The van der Waals surface area contributed by atoms with Crippen molar-refractivity contribution in [3.8, 4) is 0 Å². The zero-order chi connectivity index (χ0) is 16.2. The normalized spacial score (nSPS) is 16.5. The fourth-order valence-corrected chi connectivity index (χ4v) is 3.20. The van der Waals surface area contributed by atoms with Crippen LogP contribution in [0.4, 0.5) is 10.2 Å². The number of hydrogen-bond donors (Lipinski definition) is 0. The maximum Gasteiger partial charge on any atom is 0.167 e. The van der Waals surface area contributed by atoms with Gasteiger partial charge in [-0.1, -0.05) is 11.6 Å². The van der Waals surface area contributed by atoms with Gasteiger partial charge in [0.05, 0.1) is 5.02 Å². The van der Waals surface area contributed by atoms with Gasteiger partial charge in [-0.3, -0.25) is 9.88 Å². The molecule has 6 heteroatoms. The molecule has 0 saturated carbocycles. The third-order valence-electron chi connectivity index (χ3n) is 4.38. The van der Waals surface area contributed by atoms with E-state index in [1.165, 1.54) is 17.8 Å². The Morgan fingerprint density at radius 3 is 2.65 bits per heavy atom. The zero-order valence-electron chi connectivity index (χ0n) is 13.1. The van der Waals surface area contributed by atoms with E-state index in [1.807, 2.05) is 36.5 Å². The molecule has 0 unspecified atom stereocenters. The first kappa shape index (κ1) is 16.1. The highest BCUT2D eigenvalue weighted by Crippen LogP contribution is 2.25. The highest BCUT2D eigenvalue weighted by Gasteiger charge is 2.24. The summed E-state index contributed by atoms with van der Waals surface area (Å²) in [4.78, 5) is 12.5. The number of aromatic nitrogens is 2. The Hall–Kier alpha value is -1.72. The smallest absolute Gasteiger partial charge is 0.167 e. The summed E-state index contributed by atoms with van der Waals surface area (Å²) < 4.78 is 14.0. The topological polar surface area (TPSA) is 32.3 Å². The predicted molar refractivity (Wildman–Crippen MR) is 90.1 cm³/mol. The molecule has 0 spiro atoms. The fourth-order valence-electron chi connectivity index (χ4n) is 3.05. The maximum atomic E-state index is 14.0. The summed E-state index contributed by atoms with van der Waals surface area (Å²) in [6.45, 7) is 2.92. The molecule has 122 valence electrons. The molecule has 23 heavy (non-hydrogen) atoms. The van der Waals surface area contributed by atoms with E-state index in [0.29, 0.717) is 16.9 Å². The van der Waals surface area contributed by atoms with Crippen LogP contribution in [0.3, 0.4) is 0 Å². The molecule has 1 aliphatic heterocycles. The minimum absolute atomic E-state index is 0.298. The van der Waals surface area contributed by atoms with E-state index in [4.69, 9.17) is 11.6 Å². The maximum absolute atomic E-state index is 14.0. The van der Waals surface area contributed by atoms with Gasteiger partial charge in [0.2, 0.25) is 0 Å². The van der Waals surface area contributed by atoms with Crippen LogP contribution in [0.1, 0.15) is 18.4 Å². The number of halogens is 2. The Morgan fingerprint density at radius 1 is 1.30 bits per heavy atom. The van der Waals surface area contributed by atoms with Gasteiger partial charge < -0.3 is 4.90 Å². The van der Waals surface area contributed by atoms with E-state index >= 15 is 0 Å². The monoisotopic (exact) mass is 334 g/mol. The average molecular weight is 335 g/mol. The molecular weight excluding hydrogens is 315 g/mol. The van der Waals surface area contributed by atoms with Crippen molar-refractivity contribution in [3.05, 3.63) is 53.2 Å². The first-order chi connectivity index (χ1) is 11.1. The second-order valence-corrected chi connectivity index (χ2v) is 6.37. The molecule has 1 saturated heterocycles. The first-order valence-electron chi connectivity index (χ1n) is 7.78. The number of nitrogens with zero attached hydrogens (tertiary/aromatic N) is 4. The van der Waals surface area contributed by atoms with E-state index < -0.39 is 0 Å². The van der Waals surface area contributed by atoms with E-state index in [0.717, 1.165) is 32.5 Å². The lowest BCUT2D eigenvalue weighted by Crippen LogP contribution is -2.43. The SMILES string of the molecule is CN(c1ncc(Cl)cc1F)C1CCN(Cc2ccncc2)CC1. The minimum Gasteiger partial charge on any atom is -0.354 e. The lowest BCUT2D eigenvalue weighted by Gasteiger charge is -2.37. The van der Waals surface area contributed by atoms with Crippen molar-refractivity contribution in [2.45, 2.75) is 25.4 Å². The quantitative estimate of drug-likeness (QED) is 0.858. The van der Waals surface area contributed by atoms with Crippen molar-refractivity contribution in [2.24, 2.45) is 0 Å². The Labute approximate surface area is 140 Å². The fraction of sp³-hybridized carbons (Fsp3) is 0.412. The van der Waals surface area contributed by atoms with Crippen LogP contribution in [0.25, 0.3) is 0 Å². The van der Waals surface area contributed by atoms with Crippen molar-refractivity contribution in [2.75, 3.05) is 25.0 Å². The second kappa shape index (κ2) is 7.23. The Kier molecular flexibility index (Phi) is 5.08. The number of likely N-dealkylation sites (tertiary alicyclic amines) is 1. The van der Waals surface area contributed by atoms with E-state index in [1.54, 1.807) is 0 Å². The predicted octanol–water partition coefficient (Wildman–Crippen LogP) is 3.37. The minimum atomic E-state index is -0.362. The van der Waals surface area contributed by atoms with E-state index in [-0.39, 0.29) is 5.82 Å². The molecule has 0 amide bonds. The van der Waals surface area contributed by atoms with Crippen LogP contribution >= 0.6 is 11.6 Å². The molecule has 0 radical (unpaired) electrons. The number of pyridine rings is 2. The van der Waals surface area contributed by atoms with Gasteiger partial charge in [0, 0.05) is 51.3 Å².